The molecule has 0 saturated carbocycles. The maximum Gasteiger partial charge on any atom is 0.296 e. The van der Waals surface area contributed by atoms with Crippen LogP contribution in [0.25, 0.3) is 5.76 Å². The van der Waals surface area contributed by atoms with E-state index in [2.05, 4.69) is 6.92 Å². The van der Waals surface area contributed by atoms with E-state index in [1.807, 2.05) is 31.2 Å². The molecule has 1 atom stereocenters. The molecule has 1 amide bonds. The molecule has 0 aliphatic carbocycles. The zero-order valence-electron chi connectivity index (χ0n) is 20.6. The van der Waals surface area contributed by atoms with E-state index in [-0.39, 0.29) is 17.9 Å². The van der Waals surface area contributed by atoms with Crippen LogP contribution in [0.1, 0.15) is 56.0 Å². The second kappa shape index (κ2) is 11.6. The van der Waals surface area contributed by atoms with Gasteiger partial charge in [-0.05, 0) is 67.4 Å². The van der Waals surface area contributed by atoms with E-state index in [1.165, 1.54) is 11.2 Å². The molecular weight excluding hydrogens is 458 g/mol. The summed E-state index contributed by atoms with van der Waals surface area (Å²) in [5.74, 6) is 0.242. The van der Waals surface area contributed by atoms with Gasteiger partial charge in [0.15, 0.2) is 0 Å². The van der Waals surface area contributed by atoms with Crippen molar-refractivity contribution in [1.29, 1.82) is 0 Å². The molecule has 1 saturated heterocycles. The predicted octanol–water partition coefficient (Wildman–Crippen LogP) is 5.87. The molecule has 1 N–H and O–H groups in total. The van der Waals surface area contributed by atoms with Gasteiger partial charge in [-0.15, -0.1) is 0 Å². The molecule has 0 spiro atoms. The van der Waals surface area contributed by atoms with E-state index in [0.717, 1.165) is 19.3 Å². The molecule has 1 aliphatic heterocycles. The van der Waals surface area contributed by atoms with Crippen molar-refractivity contribution in [3.05, 3.63) is 89.4 Å². The number of aliphatic hydroxyl groups excluding tert-OH is 1. The number of aliphatic hydroxyl groups is 1. The number of amides is 1. The number of ether oxygens (including phenoxy) is 2. The van der Waals surface area contributed by atoms with Crippen LogP contribution in [0, 0.1) is 0 Å². The lowest BCUT2D eigenvalue weighted by atomic mass is 9.95. The highest BCUT2D eigenvalue weighted by molar-refractivity contribution is 6.46. The zero-order valence-corrected chi connectivity index (χ0v) is 20.6. The van der Waals surface area contributed by atoms with Crippen molar-refractivity contribution >= 4 is 17.4 Å². The van der Waals surface area contributed by atoms with Crippen LogP contribution in [0.3, 0.4) is 0 Å². The van der Waals surface area contributed by atoms with Gasteiger partial charge in [-0.3, -0.25) is 9.59 Å². The van der Waals surface area contributed by atoms with Crippen molar-refractivity contribution in [1.82, 2.24) is 4.90 Å². The van der Waals surface area contributed by atoms with Crippen LogP contribution < -0.4 is 9.47 Å². The number of hydrogen-bond acceptors (Lipinski definition) is 6. The number of ketones is 1. The number of hydrogen-bond donors (Lipinski definition) is 1. The Balaban J connectivity index is 1.70. The molecular formula is C29H31NO6. The molecule has 3 aromatic rings. The largest absolute Gasteiger partial charge is 0.507 e. The minimum absolute atomic E-state index is 0.0346. The van der Waals surface area contributed by atoms with Gasteiger partial charge in [0.25, 0.3) is 11.7 Å². The summed E-state index contributed by atoms with van der Waals surface area (Å²) in [6.07, 6.45) is 4.71. The Morgan fingerprint density at radius 2 is 1.64 bits per heavy atom. The smallest absolute Gasteiger partial charge is 0.296 e. The van der Waals surface area contributed by atoms with Gasteiger partial charge >= 0.3 is 0 Å². The number of carbonyl (C=O) groups excluding carboxylic acids is 2. The molecule has 0 bridgehead atoms. The van der Waals surface area contributed by atoms with Crippen LogP contribution >= 0.6 is 0 Å². The lowest BCUT2D eigenvalue weighted by Gasteiger charge is -2.24. The molecule has 2 aromatic carbocycles. The molecule has 4 rings (SSSR count). The first-order valence-corrected chi connectivity index (χ1v) is 12.3. The molecule has 1 aromatic heterocycles. The minimum Gasteiger partial charge on any atom is -0.507 e. The second-order valence-corrected chi connectivity index (χ2v) is 8.59. The van der Waals surface area contributed by atoms with Crippen molar-refractivity contribution in [3.63, 3.8) is 0 Å². The fourth-order valence-corrected chi connectivity index (χ4v) is 4.28. The number of likely N-dealkylation sites (tertiary alicyclic amines) is 1. The van der Waals surface area contributed by atoms with Crippen LogP contribution in [0.15, 0.2) is 76.9 Å². The maximum atomic E-state index is 13.2. The Bertz CT molecular complexity index is 1200. The molecule has 2 heterocycles. The number of carbonyl (C=O) groups is 2. The highest BCUT2D eigenvalue weighted by atomic mass is 16.5. The van der Waals surface area contributed by atoms with Crippen LogP contribution in [0.5, 0.6) is 11.5 Å². The molecule has 188 valence electrons. The van der Waals surface area contributed by atoms with Crippen molar-refractivity contribution in [2.24, 2.45) is 0 Å². The second-order valence-electron chi connectivity index (χ2n) is 8.59. The third kappa shape index (κ3) is 5.46. The summed E-state index contributed by atoms with van der Waals surface area (Å²) in [5, 5.41) is 11.2. The third-order valence-corrected chi connectivity index (χ3v) is 6.10. The SMILES string of the molecule is CCCCCOc1ccc(C2/C(=C(\O)c3ccc(OCC)cc3)C(=O)C(=O)N2Cc2ccco2)cc1. The lowest BCUT2D eigenvalue weighted by Crippen LogP contribution is -2.29. The van der Waals surface area contributed by atoms with E-state index >= 15 is 0 Å². The topological polar surface area (TPSA) is 89.2 Å². The molecule has 7 nitrogen and oxygen atoms in total. The Hall–Kier alpha value is -4.00. The van der Waals surface area contributed by atoms with E-state index in [4.69, 9.17) is 13.9 Å². The number of nitrogens with zero attached hydrogens (tertiary/aromatic N) is 1. The van der Waals surface area contributed by atoms with E-state index in [9.17, 15) is 14.7 Å². The van der Waals surface area contributed by atoms with Crippen LogP contribution in [-0.2, 0) is 16.1 Å². The molecule has 1 fully saturated rings. The normalized spacial score (nSPS) is 16.9. The number of rotatable bonds is 11. The van der Waals surface area contributed by atoms with E-state index in [0.29, 0.717) is 41.6 Å². The quantitative estimate of drug-likeness (QED) is 0.157. The number of Topliss-reactive ketones (excluding diaryl/α,β-unsaturated/α-hetero) is 1. The molecule has 36 heavy (non-hydrogen) atoms. The van der Waals surface area contributed by atoms with Crippen molar-refractivity contribution in [2.75, 3.05) is 13.2 Å². The third-order valence-electron chi connectivity index (χ3n) is 6.10. The number of furan rings is 1. The summed E-state index contributed by atoms with van der Waals surface area (Å²) in [4.78, 5) is 27.7. The van der Waals surface area contributed by atoms with Crippen LogP contribution in [-0.4, -0.2) is 34.9 Å². The van der Waals surface area contributed by atoms with E-state index < -0.39 is 17.7 Å². The fraction of sp³-hybridized carbons (Fsp3) is 0.310. The summed E-state index contributed by atoms with van der Waals surface area (Å²) in [6.45, 7) is 5.26. The van der Waals surface area contributed by atoms with Gasteiger partial charge in [0, 0.05) is 5.56 Å². The zero-order chi connectivity index (χ0) is 25.5. The Kier molecular flexibility index (Phi) is 8.10. The Labute approximate surface area is 210 Å². The lowest BCUT2D eigenvalue weighted by molar-refractivity contribution is -0.140. The highest BCUT2D eigenvalue weighted by Crippen LogP contribution is 2.41. The van der Waals surface area contributed by atoms with Gasteiger partial charge < -0.3 is 23.9 Å². The van der Waals surface area contributed by atoms with Crippen LogP contribution in [0.4, 0.5) is 0 Å². The standard InChI is InChI=1S/C29H31NO6/c1-3-5-6-17-35-23-13-9-20(10-14-23)26-25(27(31)21-11-15-22(16-12-21)34-4-2)28(32)29(33)30(26)19-24-8-7-18-36-24/h7-16,18,26,31H,3-6,17,19H2,1-2H3/b27-25+. The van der Waals surface area contributed by atoms with E-state index in [1.54, 1.807) is 36.4 Å². The van der Waals surface area contributed by atoms with Gasteiger partial charge in [-0.25, -0.2) is 0 Å². The van der Waals surface area contributed by atoms with Gasteiger partial charge in [-0.1, -0.05) is 31.9 Å². The summed E-state index contributed by atoms with van der Waals surface area (Å²) >= 11 is 0. The highest BCUT2D eigenvalue weighted by Gasteiger charge is 2.46. The van der Waals surface area contributed by atoms with Crippen LogP contribution in [0.2, 0.25) is 0 Å². The first kappa shape index (κ1) is 25.1. The first-order valence-electron chi connectivity index (χ1n) is 12.3. The molecule has 1 unspecified atom stereocenters. The Morgan fingerprint density at radius 1 is 0.944 bits per heavy atom. The number of benzene rings is 2. The van der Waals surface area contributed by atoms with Crippen molar-refractivity contribution < 1.29 is 28.6 Å². The summed E-state index contributed by atoms with van der Waals surface area (Å²) in [7, 11) is 0. The average Bonchev–Trinajstić information content (AvgIpc) is 3.50. The maximum absolute atomic E-state index is 13.2. The monoisotopic (exact) mass is 489 g/mol. The van der Waals surface area contributed by atoms with Gasteiger partial charge in [0.1, 0.15) is 23.0 Å². The average molecular weight is 490 g/mol. The van der Waals surface area contributed by atoms with Gasteiger partial charge in [0.2, 0.25) is 0 Å². The minimum atomic E-state index is -0.782. The molecule has 7 heteroatoms. The number of unbranched alkanes of at least 4 members (excludes halogenated alkanes) is 2. The summed E-state index contributed by atoms with van der Waals surface area (Å²) < 4.78 is 16.7. The van der Waals surface area contributed by atoms with Gasteiger partial charge in [-0.2, -0.15) is 0 Å². The van der Waals surface area contributed by atoms with Crippen molar-refractivity contribution in [2.45, 2.75) is 45.7 Å². The predicted molar refractivity (Wildman–Crippen MR) is 136 cm³/mol. The molecule has 0 radical (unpaired) electrons. The summed E-state index contributed by atoms with van der Waals surface area (Å²) in [5.41, 5.74) is 1.15. The molecule has 1 aliphatic rings. The van der Waals surface area contributed by atoms with Crippen molar-refractivity contribution in [3.8, 4) is 11.5 Å². The summed E-state index contributed by atoms with van der Waals surface area (Å²) in [6, 6.07) is 16.8. The Morgan fingerprint density at radius 3 is 2.28 bits per heavy atom. The van der Waals surface area contributed by atoms with Gasteiger partial charge in [0.05, 0.1) is 37.6 Å². The fourth-order valence-electron chi connectivity index (χ4n) is 4.28. The first-order chi connectivity index (χ1) is 17.5.